The number of rotatable bonds is 0. The van der Waals surface area contributed by atoms with E-state index < -0.39 is 0 Å². The van der Waals surface area contributed by atoms with E-state index in [4.69, 9.17) is 0 Å². The molecular formula is C11H11N. The van der Waals surface area contributed by atoms with Crippen molar-refractivity contribution in [1.82, 2.24) is 4.98 Å². The fourth-order valence-electron chi connectivity index (χ4n) is 2.23. The summed E-state index contributed by atoms with van der Waals surface area (Å²) in [6.07, 6.45) is 7.68. The number of nitrogens with zero attached hydrogens (tertiary/aromatic N) is 1. The second-order valence-electron chi connectivity index (χ2n) is 3.82. The van der Waals surface area contributed by atoms with E-state index in [9.17, 15) is 0 Å². The summed E-state index contributed by atoms with van der Waals surface area (Å²) in [4.78, 5) is 4.18. The smallest absolute Gasteiger partial charge is 0.0308 e. The van der Waals surface area contributed by atoms with E-state index in [2.05, 4.69) is 24.1 Å². The molecule has 12 heavy (non-hydrogen) atoms. The average molecular weight is 157 g/mol. The zero-order chi connectivity index (χ0) is 8.13. The molecule has 60 valence electrons. The van der Waals surface area contributed by atoms with Gasteiger partial charge in [-0.3, -0.25) is 4.98 Å². The minimum Gasteiger partial charge on any atom is -0.264 e. The molecule has 0 N–H and O–H groups in total. The second kappa shape index (κ2) is 1.98. The first-order valence-corrected chi connectivity index (χ1v) is 4.49. The molecule has 2 atom stereocenters. The molecule has 0 spiro atoms. The van der Waals surface area contributed by atoms with E-state index in [1.54, 1.807) is 0 Å². The quantitative estimate of drug-likeness (QED) is 0.564. The predicted octanol–water partition coefficient (Wildman–Crippen LogP) is 2.60. The van der Waals surface area contributed by atoms with Crippen molar-refractivity contribution in [2.24, 2.45) is 5.92 Å². The molecule has 1 heteroatoms. The molecule has 0 aromatic carbocycles. The molecular weight excluding hydrogens is 146 g/mol. The summed E-state index contributed by atoms with van der Waals surface area (Å²) in [5, 5.41) is 0. The predicted molar refractivity (Wildman–Crippen MR) is 48.7 cm³/mol. The summed E-state index contributed by atoms with van der Waals surface area (Å²) < 4.78 is 0. The maximum atomic E-state index is 4.18. The first-order valence-electron chi connectivity index (χ1n) is 4.49. The summed E-state index contributed by atoms with van der Waals surface area (Å²) in [7, 11) is 0. The molecule has 3 rings (SSSR count). The highest BCUT2D eigenvalue weighted by Gasteiger charge is 2.40. The van der Waals surface area contributed by atoms with Gasteiger partial charge >= 0.3 is 0 Å². The summed E-state index contributed by atoms with van der Waals surface area (Å²) in [5.41, 5.74) is 4.33. The normalized spacial score (nSPS) is 30.2. The zero-order valence-corrected chi connectivity index (χ0v) is 7.12. The van der Waals surface area contributed by atoms with Crippen LogP contribution < -0.4 is 0 Å². The molecule has 0 radical (unpaired) electrons. The van der Waals surface area contributed by atoms with Gasteiger partial charge in [0.1, 0.15) is 0 Å². The maximum absolute atomic E-state index is 4.18. The van der Waals surface area contributed by atoms with Gasteiger partial charge in [0.2, 0.25) is 0 Å². The van der Waals surface area contributed by atoms with Crippen molar-refractivity contribution in [3.05, 3.63) is 35.7 Å². The van der Waals surface area contributed by atoms with Crippen LogP contribution >= 0.6 is 0 Å². The van der Waals surface area contributed by atoms with Crippen molar-refractivity contribution in [1.29, 1.82) is 0 Å². The van der Waals surface area contributed by atoms with Crippen LogP contribution in [0.3, 0.4) is 0 Å². The van der Waals surface area contributed by atoms with E-state index in [0.717, 1.165) is 11.8 Å². The fourth-order valence-corrected chi connectivity index (χ4v) is 2.23. The largest absolute Gasteiger partial charge is 0.264 e. The molecule has 0 saturated heterocycles. The number of hydrogen-bond donors (Lipinski definition) is 0. The third-order valence-electron chi connectivity index (χ3n) is 2.98. The van der Waals surface area contributed by atoms with E-state index in [0.29, 0.717) is 0 Å². The zero-order valence-electron chi connectivity index (χ0n) is 7.12. The van der Waals surface area contributed by atoms with Crippen molar-refractivity contribution in [3.8, 4) is 0 Å². The lowest BCUT2D eigenvalue weighted by Gasteiger charge is -2.12. The molecule has 1 heterocycles. The van der Waals surface area contributed by atoms with E-state index in [1.165, 1.54) is 23.1 Å². The number of aromatic nitrogens is 1. The Labute approximate surface area is 72.1 Å². The average Bonchev–Trinajstić information content (AvgIpc) is 2.84. The van der Waals surface area contributed by atoms with Gasteiger partial charge in [0.15, 0.2) is 0 Å². The van der Waals surface area contributed by atoms with Crippen LogP contribution in [0.2, 0.25) is 0 Å². The Morgan fingerprint density at radius 2 is 2.42 bits per heavy atom. The summed E-state index contributed by atoms with van der Waals surface area (Å²) in [6.45, 7) is 2.20. The van der Waals surface area contributed by atoms with Crippen molar-refractivity contribution >= 4 is 5.57 Å². The van der Waals surface area contributed by atoms with E-state index >= 15 is 0 Å². The molecule has 1 aromatic heterocycles. The lowest BCUT2D eigenvalue weighted by molar-refractivity contribution is 0.970. The Morgan fingerprint density at radius 1 is 1.50 bits per heavy atom. The van der Waals surface area contributed by atoms with Gasteiger partial charge in [0.05, 0.1) is 0 Å². The van der Waals surface area contributed by atoms with Crippen molar-refractivity contribution < 1.29 is 0 Å². The van der Waals surface area contributed by atoms with Crippen LogP contribution in [0.5, 0.6) is 0 Å². The van der Waals surface area contributed by atoms with Crippen molar-refractivity contribution in [2.45, 2.75) is 19.3 Å². The Hall–Kier alpha value is -1.11. The van der Waals surface area contributed by atoms with Crippen LogP contribution in [0, 0.1) is 5.92 Å². The van der Waals surface area contributed by atoms with Crippen molar-refractivity contribution in [2.75, 3.05) is 0 Å². The number of hydrogen-bond acceptors (Lipinski definition) is 1. The van der Waals surface area contributed by atoms with E-state index in [-0.39, 0.29) is 0 Å². The van der Waals surface area contributed by atoms with Crippen LogP contribution in [0.4, 0.5) is 0 Å². The first kappa shape index (κ1) is 6.41. The lowest BCUT2D eigenvalue weighted by atomic mass is 9.94. The van der Waals surface area contributed by atoms with Gasteiger partial charge in [0.25, 0.3) is 0 Å². The van der Waals surface area contributed by atoms with Gasteiger partial charge in [-0.1, -0.05) is 6.08 Å². The Balaban J connectivity index is 2.25. The summed E-state index contributed by atoms with van der Waals surface area (Å²) in [6, 6.07) is 2.13. The number of pyridine rings is 1. The Bertz CT molecular complexity index is 365. The van der Waals surface area contributed by atoms with Crippen LogP contribution in [-0.4, -0.2) is 4.98 Å². The minimum atomic E-state index is 0.803. The molecule has 1 nitrogen and oxygen atoms in total. The SMILES string of the molecule is CC1=CC2CC2c2cnccc21. The molecule has 2 unspecified atom stereocenters. The standard InChI is InChI=1S/C11H11N/c1-7-4-8-5-10(8)11-6-12-3-2-9(7)11/h2-4,6,8,10H,5H2,1H3. The highest BCUT2D eigenvalue weighted by molar-refractivity contribution is 5.71. The molecule has 0 bridgehead atoms. The number of allylic oxidation sites excluding steroid dienone is 2. The highest BCUT2D eigenvalue weighted by atomic mass is 14.6. The van der Waals surface area contributed by atoms with Gasteiger partial charge < -0.3 is 0 Å². The van der Waals surface area contributed by atoms with Gasteiger partial charge in [-0.05, 0) is 47.9 Å². The number of fused-ring (bicyclic) bond motifs is 3. The molecule has 1 saturated carbocycles. The van der Waals surface area contributed by atoms with Gasteiger partial charge in [-0.15, -0.1) is 0 Å². The lowest BCUT2D eigenvalue weighted by Crippen LogP contribution is -1.96. The van der Waals surface area contributed by atoms with Crippen LogP contribution in [0.15, 0.2) is 24.5 Å². The van der Waals surface area contributed by atoms with Crippen LogP contribution in [0.25, 0.3) is 5.57 Å². The van der Waals surface area contributed by atoms with Gasteiger partial charge in [-0.25, -0.2) is 0 Å². The molecule has 2 aliphatic rings. The molecule has 0 amide bonds. The van der Waals surface area contributed by atoms with Gasteiger partial charge in [0, 0.05) is 12.4 Å². The third-order valence-corrected chi connectivity index (χ3v) is 2.98. The van der Waals surface area contributed by atoms with Crippen LogP contribution in [0.1, 0.15) is 30.4 Å². The second-order valence-corrected chi connectivity index (χ2v) is 3.82. The molecule has 1 fully saturated rings. The molecule has 2 aliphatic carbocycles. The van der Waals surface area contributed by atoms with Crippen LogP contribution in [-0.2, 0) is 0 Å². The van der Waals surface area contributed by atoms with Gasteiger partial charge in [-0.2, -0.15) is 0 Å². The van der Waals surface area contributed by atoms with E-state index in [1.807, 2.05) is 12.4 Å². The highest BCUT2D eigenvalue weighted by Crippen LogP contribution is 2.54. The fraction of sp³-hybridized carbons (Fsp3) is 0.364. The third kappa shape index (κ3) is 0.711. The Morgan fingerprint density at radius 3 is 3.33 bits per heavy atom. The maximum Gasteiger partial charge on any atom is 0.0308 e. The summed E-state index contributed by atoms with van der Waals surface area (Å²) >= 11 is 0. The topological polar surface area (TPSA) is 12.9 Å². The Kier molecular flexibility index (Phi) is 1.06. The first-order chi connectivity index (χ1) is 5.86. The minimum absolute atomic E-state index is 0.803. The molecule has 1 aromatic rings. The van der Waals surface area contributed by atoms with Crippen molar-refractivity contribution in [3.63, 3.8) is 0 Å². The monoisotopic (exact) mass is 157 g/mol. The molecule has 0 aliphatic heterocycles. The summed E-state index contributed by atoms with van der Waals surface area (Å²) in [5.74, 6) is 1.64.